The standard InChI is InChI=1S/C22H31N3O3/c1-13(2)12-23-20(26)15-3-5-18(6-4-15)24-21(27)25-19-16-7-14-8-17(19)11-22(28,9-14)10-16/h3-6,13-14,16-17,19,28H,7-12H2,1-2H3,(H,23,26)(H2,24,25,27)/t14?,16-,17-,19?,22?/m0/s1. The van der Waals surface area contributed by atoms with E-state index in [9.17, 15) is 14.7 Å². The van der Waals surface area contributed by atoms with Gasteiger partial charge in [0.25, 0.3) is 5.91 Å². The van der Waals surface area contributed by atoms with Gasteiger partial charge in [0.1, 0.15) is 0 Å². The molecule has 0 saturated heterocycles. The van der Waals surface area contributed by atoms with Gasteiger partial charge in [-0.15, -0.1) is 0 Å². The van der Waals surface area contributed by atoms with Crippen molar-refractivity contribution in [2.24, 2.45) is 23.7 Å². The normalized spacial score (nSPS) is 33.0. The number of carbonyl (C=O) groups excluding carboxylic acids is 2. The first kappa shape index (κ1) is 19.2. The van der Waals surface area contributed by atoms with Crippen molar-refractivity contribution >= 4 is 17.6 Å². The molecule has 0 aliphatic heterocycles. The van der Waals surface area contributed by atoms with Crippen LogP contribution in [0.3, 0.4) is 0 Å². The van der Waals surface area contributed by atoms with Crippen LogP contribution in [0.15, 0.2) is 24.3 Å². The zero-order valence-electron chi connectivity index (χ0n) is 16.7. The molecule has 0 unspecified atom stereocenters. The Labute approximate surface area is 166 Å². The summed E-state index contributed by atoms with van der Waals surface area (Å²) in [5.41, 5.74) is 0.762. The van der Waals surface area contributed by atoms with Crippen LogP contribution in [0.2, 0.25) is 0 Å². The minimum atomic E-state index is -0.489. The van der Waals surface area contributed by atoms with E-state index in [1.165, 1.54) is 0 Å². The lowest BCUT2D eigenvalue weighted by Gasteiger charge is -2.58. The van der Waals surface area contributed by atoms with Crippen molar-refractivity contribution in [2.75, 3.05) is 11.9 Å². The van der Waals surface area contributed by atoms with Crippen molar-refractivity contribution in [3.8, 4) is 0 Å². The number of hydrogen-bond donors (Lipinski definition) is 4. The highest BCUT2D eigenvalue weighted by atomic mass is 16.3. The van der Waals surface area contributed by atoms with Crippen LogP contribution in [-0.2, 0) is 0 Å². The maximum Gasteiger partial charge on any atom is 0.319 e. The first-order chi connectivity index (χ1) is 13.3. The van der Waals surface area contributed by atoms with Gasteiger partial charge < -0.3 is 21.1 Å². The monoisotopic (exact) mass is 385 g/mol. The molecule has 4 aliphatic carbocycles. The Morgan fingerprint density at radius 1 is 1.11 bits per heavy atom. The summed E-state index contributed by atoms with van der Waals surface area (Å²) in [6.07, 6.45) is 4.79. The van der Waals surface area contributed by atoms with Crippen molar-refractivity contribution < 1.29 is 14.7 Å². The predicted octanol–water partition coefficient (Wildman–Crippen LogP) is 3.13. The van der Waals surface area contributed by atoms with Gasteiger partial charge in [-0.2, -0.15) is 0 Å². The molecule has 6 nitrogen and oxygen atoms in total. The molecule has 4 aliphatic rings. The van der Waals surface area contributed by atoms with Gasteiger partial charge in [0.05, 0.1) is 5.60 Å². The smallest absolute Gasteiger partial charge is 0.319 e. The number of rotatable bonds is 5. The summed E-state index contributed by atoms with van der Waals surface area (Å²) >= 11 is 0. The lowest BCUT2D eigenvalue weighted by Crippen LogP contribution is -2.62. The van der Waals surface area contributed by atoms with Gasteiger partial charge >= 0.3 is 6.03 Å². The maximum atomic E-state index is 12.5. The molecule has 4 bridgehead atoms. The van der Waals surface area contributed by atoms with Crippen molar-refractivity contribution in [3.63, 3.8) is 0 Å². The highest BCUT2D eigenvalue weighted by molar-refractivity contribution is 5.95. The topological polar surface area (TPSA) is 90.5 Å². The Morgan fingerprint density at radius 3 is 2.32 bits per heavy atom. The average molecular weight is 386 g/mol. The Hall–Kier alpha value is -2.08. The van der Waals surface area contributed by atoms with E-state index in [4.69, 9.17) is 0 Å². The number of carbonyl (C=O) groups is 2. The number of aliphatic hydroxyl groups is 1. The van der Waals surface area contributed by atoms with Crippen LogP contribution in [0.5, 0.6) is 0 Å². The summed E-state index contributed by atoms with van der Waals surface area (Å²) in [6.45, 7) is 4.74. The van der Waals surface area contributed by atoms with E-state index in [2.05, 4.69) is 29.8 Å². The molecule has 0 aromatic heterocycles. The summed E-state index contributed by atoms with van der Waals surface area (Å²) in [5, 5.41) is 19.6. The Balaban J connectivity index is 1.31. The summed E-state index contributed by atoms with van der Waals surface area (Å²) in [4.78, 5) is 24.6. The van der Waals surface area contributed by atoms with E-state index in [1.54, 1.807) is 24.3 Å². The maximum absolute atomic E-state index is 12.5. The van der Waals surface area contributed by atoms with Crippen LogP contribution in [0.4, 0.5) is 10.5 Å². The lowest BCUT2D eigenvalue weighted by atomic mass is 9.52. The Kier molecular flexibility index (Phi) is 5.08. The fourth-order valence-electron chi connectivity index (χ4n) is 5.64. The molecule has 5 rings (SSSR count). The Morgan fingerprint density at radius 2 is 1.75 bits per heavy atom. The zero-order valence-corrected chi connectivity index (χ0v) is 16.7. The molecule has 0 radical (unpaired) electrons. The molecule has 3 amide bonds. The molecule has 1 aromatic rings. The highest BCUT2D eigenvalue weighted by Crippen LogP contribution is 2.55. The second kappa shape index (κ2) is 7.39. The van der Waals surface area contributed by atoms with Crippen LogP contribution in [0.25, 0.3) is 0 Å². The van der Waals surface area contributed by atoms with Gasteiger partial charge in [0.15, 0.2) is 0 Å². The lowest BCUT2D eigenvalue weighted by molar-refractivity contribution is -0.136. The quantitative estimate of drug-likeness (QED) is 0.628. The minimum Gasteiger partial charge on any atom is -0.390 e. The number of anilines is 1. The molecule has 4 saturated carbocycles. The largest absolute Gasteiger partial charge is 0.390 e. The molecule has 0 heterocycles. The third-order valence-electron chi connectivity index (χ3n) is 6.61. The van der Waals surface area contributed by atoms with E-state index in [1.807, 2.05) is 0 Å². The molecule has 152 valence electrons. The van der Waals surface area contributed by atoms with Crippen LogP contribution in [0, 0.1) is 23.7 Å². The van der Waals surface area contributed by atoms with E-state index in [-0.39, 0.29) is 18.0 Å². The van der Waals surface area contributed by atoms with Crippen molar-refractivity contribution in [2.45, 2.75) is 57.6 Å². The molecule has 6 heteroatoms. The zero-order chi connectivity index (χ0) is 19.9. The van der Waals surface area contributed by atoms with E-state index in [0.717, 1.165) is 32.1 Å². The summed E-state index contributed by atoms with van der Waals surface area (Å²) < 4.78 is 0. The molecule has 28 heavy (non-hydrogen) atoms. The summed E-state index contributed by atoms with van der Waals surface area (Å²) in [5.74, 6) is 1.69. The SMILES string of the molecule is CC(C)CNC(=O)c1ccc(NC(=O)NC2[C@H]3CC4C[C@H]2CC(O)(C4)C3)cc1. The van der Waals surface area contributed by atoms with E-state index < -0.39 is 5.60 Å². The average Bonchev–Trinajstić information content (AvgIpc) is 2.62. The van der Waals surface area contributed by atoms with Crippen molar-refractivity contribution in [1.29, 1.82) is 0 Å². The summed E-state index contributed by atoms with van der Waals surface area (Å²) in [6, 6.07) is 6.90. The van der Waals surface area contributed by atoms with Gasteiger partial charge in [-0.25, -0.2) is 4.79 Å². The van der Waals surface area contributed by atoms with Gasteiger partial charge in [-0.05, 0) is 80.0 Å². The first-order valence-corrected chi connectivity index (χ1v) is 10.5. The van der Waals surface area contributed by atoms with Crippen LogP contribution in [-0.4, -0.2) is 35.2 Å². The predicted molar refractivity (Wildman–Crippen MR) is 108 cm³/mol. The molecule has 1 aromatic carbocycles. The molecular formula is C22H31N3O3. The second-order valence-electron chi connectivity index (χ2n) is 9.50. The number of amides is 3. The first-order valence-electron chi connectivity index (χ1n) is 10.5. The third-order valence-corrected chi connectivity index (χ3v) is 6.61. The van der Waals surface area contributed by atoms with Crippen LogP contribution in [0.1, 0.15) is 56.3 Å². The van der Waals surface area contributed by atoms with Crippen molar-refractivity contribution in [3.05, 3.63) is 29.8 Å². The van der Waals surface area contributed by atoms with Crippen molar-refractivity contribution in [1.82, 2.24) is 10.6 Å². The van der Waals surface area contributed by atoms with E-state index >= 15 is 0 Å². The highest BCUT2D eigenvalue weighted by Gasteiger charge is 2.55. The fourth-order valence-corrected chi connectivity index (χ4v) is 5.64. The van der Waals surface area contributed by atoms with Crippen LogP contribution < -0.4 is 16.0 Å². The molecule has 4 N–H and O–H groups in total. The number of hydrogen-bond acceptors (Lipinski definition) is 3. The number of urea groups is 1. The van der Waals surface area contributed by atoms with E-state index in [0.29, 0.717) is 41.5 Å². The fraction of sp³-hybridized carbons (Fsp3) is 0.636. The number of nitrogens with one attached hydrogen (secondary N) is 3. The van der Waals surface area contributed by atoms with Gasteiger partial charge in [0.2, 0.25) is 0 Å². The number of benzene rings is 1. The molecular weight excluding hydrogens is 354 g/mol. The second-order valence-corrected chi connectivity index (χ2v) is 9.50. The van der Waals surface area contributed by atoms with Gasteiger partial charge in [-0.3, -0.25) is 4.79 Å². The van der Waals surface area contributed by atoms with Gasteiger partial charge in [0, 0.05) is 23.8 Å². The summed E-state index contributed by atoms with van der Waals surface area (Å²) in [7, 11) is 0. The van der Waals surface area contributed by atoms with Crippen LogP contribution >= 0.6 is 0 Å². The Bertz CT molecular complexity index is 730. The molecule has 0 spiro atoms. The third kappa shape index (κ3) is 4.02. The molecule has 2 atom stereocenters. The minimum absolute atomic E-state index is 0.101. The molecule has 4 fully saturated rings. The van der Waals surface area contributed by atoms with Gasteiger partial charge in [-0.1, -0.05) is 13.8 Å².